The zero-order chi connectivity index (χ0) is 16.7. The Hall–Kier alpha value is -2.11. The molecule has 1 aliphatic rings. The third-order valence-electron chi connectivity index (χ3n) is 3.94. The SMILES string of the molecule is Cc1nc2n(n1)[C@H](c1ccc(Cl)cc1)C=C(c1ccc(Br)cc1)N2. The Kier molecular flexibility index (Phi) is 3.90. The maximum absolute atomic E-state index is 6.03. The summed E-state index contributed by atoms with van der Waals surface area (Å²) in [6.45, 7) is 1.89. The van der Waals surface area contributed by atoms with E-state index in [0.717, 1.165) is 38.1 Å². The van der Waals surface area contributed by atoms with Crippen LogP contribution in [0.4, 0.5) is 5.95 Å². The van der Waals surface area contributed by atoms with E-state index in [-0.39, 0.29) is 6.04 Å². The molecular formula is C18H14BrClN4. The number of nitrogens with zero attached hydrogens (tertiary/aromatic N) is 3. The molecule has 0 amide bonds. The van der Waals surface area contributed by atoms with E-state index in [1.54, 1.807) is 0 Å². The van der Waals surface area contributed by atoms with Crippen molar-refractivity contribution in [1.82, 2.24) is 14.8 Å². The van der Waals surface area contributed by atoms with Crippen molar-refractivity contribution in [3.05, 3.63) is 81.1 Å². The molecule has 4 rings (SSSR count). The van der Waals surface area contributed by atoms with Gasteiger partial charge < -0.3 is 5.32 Å². The van der Waals surface area contributed by atoms with Crippen LogP contribution in [-0.4, -0.2) is 14.8 Å². The quantitative estimate of drug-likeness (QED) is 0.653. The van der Waals surface area contributed by atoms with Crippen LogP contribution < -0.4 is 5.32 Å². The first-order chi connectivity index (χ1) is 11.6. The summed E-state index contributed by atoms with van der Waals surface area (Å²) in [5, 5.41) is 8.63. The molecule has 0 saturated heterocycles. The molecule has 2 heterocycles. The Morgan fingerprint density at radius 3 is 2.50 bits per heavy atom. The zero-order valence-corrected chi connectivity index (χ0v) is 15.2. The number of nitrogens with one attached hydrogen (secondary N) is 1. The number of benzene rings is 2. The van der Waals surface area contributed by atoms with Gasteiger partial charge in [-0.15, -0.1) is 0 Å². The van der Waals surface area contributed by atoms with Crippen molar-refractivity contribution in [3.8, 4) is 0 Å². The van der Waals surface area contributed by atoms with Gasteiger partial charge in [-0.05, 0) is 48.4 Å². The van der Waals surface area contributed by atoms with Gasteiger partial charge in [0.15, 0.2) is 0 Å². The van der Waals surface area contributed by atoms with Gasteiger partial charge in [0.05, 0.1) is 0 Å². The summed E-state index contributed by atoms with van der Waals surface area (Å²) >= 11 is 9.50. The second-order valence-corrected chi connectivity index (χ2v) is 6.99. The van der Waals surface area contributed by atoms with Crippen molar-refractivity contribution in [2.45, 2.75) is 13.0 Å². The molecule has 0 spiro atoms. The molecule has 3 aromatic rings. The maximum atomic E-state index is 6.03. The Balaban J connectivity index is 1.82. The van der Waals surface area contributed by atoms with Gasteiger partial charge in [0.2, 0.25) is 5.95 Å². The predicted octanol–water partition coefficient (Wildman–Crippen LogP) is 5.06. The van der Waals surface area contributed by atoms with Crippen LogP contribution >= 0.6 is 27.5 Å². The normalized spacial score (nSPS) is 16.3. The number of aryl methyl sites for hydroxylation is 1. The van der Waals surface area contributed by atoms with Crippen LogP contribution in [0.25, 0.3) is 5.70 Å². The maximum Gasteiger partial charge on any atom is 0.226 e. The third kappa shape index (κ3) is 2.85. The van der Waals surface area contributed by atoms with E-state index < -0.39 is 0 Å². The van der Waals surface area contributed by atoms with E-state index >= 15 is 0 Å². The fourth-order valence-electron chi connectivity index (χ4n) is 2.80. The Labute approximate surface area is 153 Å². The van der Waals surface area contributed by atoms with Crippen molar-refractivity contribution >= 4 is 39.2 Å². The number of anilines is 1. The van der Waals surface area contributed by atoms with E-state index in [4.69, 9.17) is 11.6 Å². The van der Waals surface area contributed by atoms with Gasteiger partial charge >= 0.3 is 0 Å². The second-order valence-electron chi connectivity index (χ2n) is 5.64. The number of hydrogen-bond donors (Lipinski definition) is 1. The average molecular weight is 402 g/mol. The Morgan fingerprint density at radius 1 is 1.08 bits per heavy atom. The molecule has 120 valence electrons. The molecule has 0 aliphatic carbocycles. The van der Waals surface area contributed by atoms with Crippen molar-refractivity contribution < 1.29 is 0 Å². The highest BCUT2D eigenvalue weighted by atomic mass is 79.9. The highest BCUT2D eigenvalue weighted by Gasteiger charge is 2.24. The van der Waals surface area contributed by atoms with Gasteiger partial charge in [-0.3, -0.25) is 0 Å². The van der Waals surface area contributed by atoms with Crippen LogP contribution in [0.2, 0.25) is 5.02 Å². The van der Waals surface area contributed by atoms with Gasteiger partial charge in [-0.25, -0.2) is 4.68 Å². The summed E-state index contributed by atoms with van der Waals surface area (Å²) in [6.07, 6.45) is 2.16. The lowest BCUT2D eigenvalue weighted by atomic mass is 10.0. The molecule has 1 N–H and O–H groups in total. The molecule has 1 aliphatic heterocycles. The van der Waals surface area contributed by atoms with Crippen LogP contribution in [-0.2, 0) is 0 Å². The van der Waals surface area contributed by atoms with Gasteiger partial charge in [-0.1, -0.05) is 51.8 Å². The number of rotatable bonds is 2. The Bertz CT molecular complexity index is 913. The average Bonchev–Trinajstić information content (AvgIpc) is 2.95. The topological polar surface area (TPSA) is 42.7 Å². The fraction of sp³-hybridized carbons (Fsp3) is 0.111. The minimum atomic E-state index is -0.0293. The summed E-state index contributed by atoms with van der Waals surface area (Å²) in [4.78, 5) is 4.50. The number of fused-ring (bicyclic) bond motifs is 1. The van der Waals surface area contributed by atoms with E-state index in [1.165, 1.54) is 0 Å². The van der Waals surface area contributed by atoms with Crippen molar-refractivity contribution in [3.63, 3.8) is 0 Å². The van der Waals surface area contributed by atoms with Crippen LogP contribution in [0.5, 0.6) is 0 Å². The number of allylic oxidation sites excluding steroid dienone is 1. The van der Waals surface area contributed by atoms with E-state index in [9.17, 15) is 0 Å². The summed E-state index contributed by atoms with van der Waals surface area (Å²) < 4.78 is 2.96. The zero-order valence-electron chi connectivity index (χ0n) is 12.9. The first-order valence-corrected chi connectivity index (χ1v) is 8.70. The highest BCUT2D eigenvalue weighted by Crippen LogP contribution is 2.33. The standard InChI is InChI=1S/C18H14BrClN4/c1-11-21-18-22-16(12-2-6-14(19)7-3-12)10-17(24(18)23-11)13-4-8-15(20)9-5-13/h2-10,17H,1H3,(H,21,22,23)/t17-/m0/s1. The van der Waals surface area contributed by atoms with Crippen molar-refractivity contribution in [1.29, 1.82) is 0 Å². The first-order valence-electron chi connectivity index (χ1n) is 7.53. The van der Waals surface area contributed by atoms with Gasteiger partial charge in [0.25, 0.3) is 0 Å². The molecule has 0 bridgehead atoms. The van der Waals surface area contributed by atoms with E-state index in [0.29, 0.717) is 0 Å². The highest BCUT2D eigenvalue weighted by molar-refractivity contribution is 9.10. The Morgan fingerprint density at radius 2 is 1.79 bits per heavy atom. The van der Waals surface area contributed by atoms with E-state index in [2.05, 4.69) is 49.5 Å². The molecule has 0 saturated carbocycles. The molecule has 1 atom stereocenters. The number of halogens is 2. The minimum absolute atomic E-state index is 0.0293. The lowest BCUT2D eigenvalue weighted by molar-refractivity contribution is 0.607. The largest absolute Gasteiger partial charge is 0.324 e. The monoisotopic (exact) mass is 400 g/mol. The predicted molar refractivity (Wildman–Crippen MR) is 100 cm³/mol. The molecule has 0 unspecified atom stereocenters. The smallest absolute Gasteiger partial charge is 0.226 e. The third-order valence-corrected chi connectivity index (χ3v) is 4.72. The molecule has 1 aromatic heterocycles. The van der Waals surface area contributed by atoms with Gasteiger partial charge in [0.1, 0.15) is 11.9 Å². The van der Waals surface area contributed by atoms with Crippen LogP contribution in [0.15, 0.2) is 59.1 Å². The number of aromatic nitrogens is 3. The van der Waals surface area contributed by atoms with E-state index in [1.807, 2.05) is 48.0 Å². The molecule has 4 nitrogen and oxygen atoms in total. The van der Waals surface area contributed by atoms with Crippen LogP contribution in [0.3, 0.4) is 0 Å². The second kappa shape index (κ2) is 6.07. The fourth-order valence-corrected chi connectivity index (χ4v) is 3.19. The van der Waals surface area contributed by atoms with Crippen LogP contribution in [0, 0.1) is 6.92 Å². The van der Waals surface area contributed by atoms with Gasteiger partial charge in [0, 0.05) is 15.2 Å². The first kappa shape index (κ1) is 15.4. The summed E-state index contributed by atoms with van der Waals surface area (Å²) in [6, 6.07) is 16.0. The summed E-state index contributed by atoms with van der Waals surface area (Å²) in [7, 11) is 0. The minimum Gasteiger partial charge on any atom is -0.324 e. The van der Waals surface area contributed by atoms with Crippen molar-refractivity contribution in [2.75, 3.05) is 5.32 Å². The molecule has 24 heavy (non-hydrogen) atoms. The van der Waals surface area contributed by atoms with Crippen molar-refractivity contribution in [2.24, 2.45) is 0 Å². The molecular weight excluding hydrogens is 388 g/mol. The molecule has 0 radical (unpaired) electrons. The summed E-state index contributed by atoms with van der Waals surface area (Å²) in [5.74, 6) is 1.48. The lowest BCUT2D eigenvalue weighted by Crippen LogP contribution is -2.20. The lowest BCUT2D eigenvalue weighted by Gasteiger charge is -2.24. The van der Waals surface area contributed by atoms with Crippen LogP contribution in [0.1, 0.15) is 23.0 Å². The summed E-state index contributed by atoms with van der Waals surface area (Å²) in [5.41, 5.74) is 3.23. The molecule has 0 fully saturated rings. The molecule has 2 aromatic carbocycles. The molecule has 6 heteroatoms. The van der Waals surface area contributed by atoms with Gasteiger partial charge in [-0.2, -0.15) is 10.1 Å². The number of hydrogen-bond acceptors (Lipinski definition) is 3.